The van der Waals surface area contributed by atoms with E-state index in [2.05, 4.69) is 4.74 Å². The van der Waals surface area contributed by atoms with E-state index in [0.717, 1.165) is 6.08 Å². The molecule has 138 valence electrons. The van der Waals surface area contributed by atoms with Gasteiger partial charge in [-0.1, -0.05) is 12.1 Å². The Morgan fingerprint density at radius 3 is 2.56 bits per heavy atom. The zero-order valence-electron chi connectivity index (χ0n) is 13.6. The van der Waals surface area contributed by atoms with Crippen molar-refractivity contribution in [2.75, 3.05) is 7.11 Å². The lowest BCUT2D eigenvalue weighted by Gasteiger charge is -2.52. The minimum atomic E-state index is -1.86. The summed E-state index contributed by atoms with van der Waals surface area (Å²) in [6.45, 7) is 0. The summed E-state index contributed by atoms with van der Waals surface area (Å²) < 4.78 is 9.69. The quantitative estimate of drug-likeness (QED) is 0.252. The zero-order chi connectivity index (χ0) is 18.6. The topological polar surface area (TPSA) is 137 Å². The van der Waals surface area contributed by atoms with Gasteiger partial charge in [-0.25, -0.2) is 4.79 Å². The predicted molar refractivity (Wildman–Crippen MR) is 86.2 cm³/mol. The lowest BCUT2D eigenvalue weighted by molar-refractivity contribution is -0.294. The highest BCUT2D eigenvalue weighted by molar-refractivity contribution is 5.87. The summed E-state index contributed by atoms with van der Waals surface area (Å²) in [5.41, 5.74) is -1.22. The number of carbonyl (C=O) groups excluding carboxylic acids is 1. The smallest absolute Gasteiger partial charge is 0.331 e. The largest absolute Gasteiger partial charge is 0.508 e. The number of aliphatic hydroxyl groups excluding tert-OH is 3. The molecule has 0 heterocycles. The van der Waals surface area contributed by atoms with Gasteiger partial charge in [0.15, 0.2) is 12.4 Å². The highest BCUT2D eigenvalue weighted by Gasteiger charge is 2.63. The van der Waals surface area contributed by atoms with Crippen molar-refractivity contribution in [1.82, 2.24) is 0 Å². The number of rotatable bonds is 7. The molecule has 1 aliphatic carbocycles. The monoisotopic (exact) mass is 354 g/mol. The molecule has 8 nitrogen and oxygen atoms in total. The Morgan fingerprint density at radius 2 is 1.96 bits per heavy atom. The highest BCUT2D eigenvalue weighted by atomic mass is 16.6. The van der Waals surface area contributed by atoms with Gasteiger partial charge in [-0.2, -0.15) is 0 Å². The van der Waals surface area contributed by atoms with Crippen LogP contribution in [-0.2, 0) is 14.3 Å². The summed E-state index contributed by atoms with van der Waals surface area (Å²) in [6, 6.07) is 6.08. The lowest BCUT2D eigenvalue weighted by Crippen LogP contribution is -2.74. The number of aromatic hydroxyl groups is 1. The van der Waals surface area contributed by atoms with Crippen molar-refractivity contribution in [2.24, 2.45) is 0 Å². The van der Waals surface area contributed by atoms with E-state index < -0.39 is 36.2 Å². The van der Waals surface area contributed by atoms with Crippen LogP contribution < -0.4 is 0 Å². The maximum Gasteiger partial charge on any atom is 0.331 e. The van der Waals surface area contributed by atoms with Crippen LogP contribution >= 0.6 is 0 Å². The molecule has 0 saturated heterocycles. The third kappa shape index (κ3) is 4.36. The molecule has 1 aliphatic rings. The van der Waals surface area contributed by atoms with E-state index in [0.29, 0.717) is 5.56 Å². The molecule has 0 spiro atoms. The number of ether oxygens (including phenoxy) is 2. The average Bonchev–Trinajstić information content (AvgIpc) is 2.62. The number of phenolic OH excluding ortho intramolecular Hbond substituents is 1. The summed E-state index contributed by atoms with van der Waals surface area (Å²) >= 11 is 0. The van der Waals surface area contributed by atoms with Crippen molar-refractivity contribution in [3.8, 4) is 5.75 Å². The van der Waals surface area contributed by atoms with Crippen molar-refractivity contribution < 1.29 is 39.8 Å². The number of carbonyl (C=O) groups is 1. The van der Waals surface area contributed by atoms with Crippen LogP contribution in [0.15, 0.2) is 30.3 Å². The Labute approximate surface area is 144 Å². The van der Waals surface area contributed by atoms with Crippen LogP contribution in [-0.4, -0.2) is 68.8 Å². The van der Waals surface area contributed by atoms with Crippen molar-refractivity contribution in [3.63, 3.8) is 0 Å². The lowest BCUT2D eigenvalue weighted by atomic mass is 9.68. The van der Waals surface area contributed by atoms with Crippen molar-refractivity contribution in [1.29, 1.82) is 0 Å². The molecule has 1 saturated carbocycles. The first-order chi connectivity index (χ1) is 11.8. The molecule has 0 radical (unpaired) electrons. The fourth-order valence-corrected chi connectivity index (χ4v) is 2.66. The van der Waals surface area contributed by atoms with Gasteiger partial charge in [0.25, 0.3) is 0 Å². The van der Waals surface area contributed by atoms with E-state index in [4.69, 9.17) is 4.74 Å². The third-order valence-electron chi connectivity index (χ3n) is 4.25. The number of aliphatic hydroxyl groups is 4. The molecule has 5 atom stereocenters. The van der Waals surface area contributed by atoms with Crippen LogP contribution in [0.1, 0.15) is 18.4 Å². The van der Waals surface area contributed by atoms with Crippen LogP contribution in [0.2, 0.25) is 0 Å². The Kier molecular flexibility index (Phi) is 6.15. The average molecular weight is 354 g/mol. The molecule has 2 rings (SSSR count). The molecule has 1 aromatic rings. The normalized spacial score (nSPS) is 30.0. The van der Waals surface area contributed by atoms with Gasteiger partial charge in [-0.15, -0.1) is 0 Å². The first-order valence-electron chi connectivity index (χ1n) is 7.75. The molecular weight excluding hydrogens is 332 g/mol. The summed E-state index contributed by atoms with van der Waals surface area (Å²) in [7, 11) is 1.28. The molecular formula is C17H22O8. The second-order valence-corrected chi connectivity index (χ2v) is 5.94. The molecule has 0 aliphatic heterocycles. The number of methoxy groups -OCH3 is 1. The van der Waals surface area contributed by atoms with Gasteiger partial charge in [0.2, 0.25) is 0 Å². The number of benzene rings is 1. The highest BCUT2D eigenvalue weighted by Crippen LogP contribution is 2.39. The van der Waals surface area contributed by atoms with E-state index in [9.17, 15) is 30.3 Å². The van der Waals surface area contributed by atoms with Crippen LogP contribution in [0, 0.1) is 0 Å². The Hall–Kier alpha value is -1.97. The standard InChI is InChI=1S/C17H22O8/c1-24-12(19)8-9-17(23)15(22)14(21)16(17)25-13(20)7-4-10-2-5-11(18)6-3-10/h2-7,12,14-16,18-19,21-23H,8-9H2,1H3/b7-4+/t12?,14-,15+,16-,17+/m0/s1. The molecule has 1 unspecified atom stereocenters. The Balaban J connectivity index is 1.96. The number of hydrogen-bond acceptors (Lipinski definition) is 8. The molecule has 0 amide bonds. The predicted octanol–water partition coefficient (Wildman–Crippen LogP) is -0.471. The second kappa shape index (κ2) is 7.94. The molecule has 1 aromatic carbocycles. The Bertz CT molecular complexity index is 614. The van der Waals surface area contributed by atoms with Crippen molar-refractivity contribution in [3.05, 3.63) is 35.9 Å². The van der Waals surface area contributed by atoms with Gasteiger partial charge in [-0.05, 0) is 30.2 Å². The fourth-order valence-electron chi connectivity index (χ4n) is 2.66. The maximum absolute atomic E-state index is 11.9. The van der Waals surface area contributed by atoms with Crippen LogP contribution in [0.5, 0.6) is 5.75 Å². The minimum Gasteiger partial charge on any atom is -0.508 e. The Morgan fingerprint density at radius 1 is 1.32 bits per heavy atom. The van der Waals surface area contributed by atoms with E-state index in [-0.39, 0.29) is 18.6 Å². The van der Waals surface area contributed by atoms with Gasteiger partial charge in [0.05, 0.1) is 0 Å². The fraction of sp³-hybridized carbons (Fsp3) is 0.471. The SMILES string of the molecule is COC(O)CC[C@@]1(O)[C@H](O)[C@H](O)[C@@H]1OC(=O)/C=C/c1ccc(O)cc1. The van der Waals surface area contributed by atoms with Gasteiger partial charge in [-0.3, -0.25) is 0 Å². The first-order valence-corrected chi connectivity index (χ1v) is 7.75. The minimum absolute atomic E-state index is 0.00578. The summed E-state index contributed by atoms with van der Waals surface area (Å²) in [5, 5.41) is 48.5. The maximum atomic E-state index is 11.9. The molecule has 0 bridgehead atoms. The van der Waals surface area contributed by atoms with Crippen LogP contribution in [0.4, 0.5) is 0 Å². The van der Waals surface area contributed by atoms with Gasteiger partial charge in [0, 0.05) is 19.6 Å². The molecule has 25 heavy (non-hydrogen) atoms. The number of phenols is 1. The zero-order valence-corrected chi connectivity index (χ0v) is 13.6. The summed E-state index contributed by atoms with van der Waals surface area (Å²) in [5.74, 6) is -0.718. The van der Waals surface area contributed by atoms with Gasteiger partial charge in [0.1, 0.15) is 23.6 Å². The van der Waals surface area contributed by atoms with Crippen LogP contribution in [0.25, 0.3) is 6.08 Å². The molecule has 1 fully saturated rings. The van der Waals surface area contributed by atoms with Crippen molar-refractivity contribution >= 4 is 12.0 Å². The van der Waals surface area contributed by atoms with E-state index in [1.165, 1.54) is 25.3 Å². The second-order valence-electron chi connectivity index (χ2n) is 5.94. The van der Waals surface area contributed by atoms with E-state index >= 15 is 0 Å². The van der Waals surface area contributed by atoms with E-state index in [1.54, 1.807) is 12.1 Å². The molecule has 8 heteroatoms. The molecule has 0 aromatic heterocycles. The summed E-state index contributed by atoms with van der Waals surface area (Å²) in [6.07, 6.45) is -2.95. The third-order valence-corrected chi connectivity index (χ3v) is 4.25. The van der Waals surface area contributed by atoms with Gasteiger partial charge < -0.3 is 35.0 Å². The van der Waals surface area contributed by atoms with Crippen LogP contribution in [0.3, 0.4) is 0 Å². The van der Waals surface area contributed by atoms with Gasteiger partial charge >= 0.3 is 5.97 Å². The molecule has 5 N–H and O–H groups in total. The van der Waals surface area contributed by atoms with Crippen molar-refractivity contribution in [2.45, 2.75) is 43.0 Å². The summed E-state index contributed by atoms with van der Waals surface area (Å²) in [4.78, 5) is 11.9. The van der Waals surface area contributed by atoms with E-state index in [1.807, 2.05) is 0 Å². The number of hydrogen-bond donors (Lipinski definition) is 5. The number of esters is 1. The first kappa shape index (κ1) is 19.4.